The Balaban J connectivity index is 1.71. The van der Waals surface area contributed by atoms with Gasteiger partial charge in [-0.2, -0.15) is 0 Å². The highest BCUT2D eigenvalue weighted by molar-refractivity contribution is 7.18. The molecule has 0 aliphatic carbocycles. The predicted molar refractivity (Wildman–Crippen MR) is 106 cm³/mol. The highest BCUT2D eigenvalue weighted by Crippen LogP contribution is 2.26. The van der Waals surface area contributed by atoms with Crippen LogP contribution in [0.15, 0.2) is 51.7 Å². The maximum atomic E-state index is 12.8. The third-order valence-corrected chi connectivity index (χ3v) is 4.96. The molecule has 0 spiro atoms. The van der Waals surface area contributed by atoms with Crippen LogP contribution in [0.25, 0.3) is 21.2 Å². The number of nitrogens with zero attached hydrogens (tertiary/aromatic N) is 1. The Kier molecular flexibility index (Phi) is 4.37. The number of nitrogens with one attached hydrogen (secondary N) is 1. The summed E-state index contributed by atoms with van der Waals surface area (Å²) in [6, 6.07) is 11.8. The molecule has 0 aliphatic heterocycles. The van der Waals surface area contributed by atoms with Crippen molar-refractivity contribution < 1.29 is 13.9 Å². The van der Waals surface area contributed by atoms with Crippen molar-refractivity contribution in [2.75, 3.05) is 11.9 Å². The van der Waals surface area contributed by atoms with Crippen molar-refractivity contribution in [2.45, 2.75) is 13.8 Å². The van der Waals surface area contributed by atoms with Crippen LogP contribution >= 0.6 is 11.3 Å². The number of thiazole rings is 1. The first kappa shape index (κ1) is 17.2. The molecule has 1 amide bonds. The summed E-state index contributed by atoms with van der Waals surface area (Å²) < 4.78 is 11.6. The van der Waals surface area contributed by atoms with Crippen molar-refractivity contribution in [1.82, 2.24) is 4.98 Å². The number of ether oxygens (including phenoxy) is 1. The zero-order valence-electron chi connectivity index (χ0n) is 14.7. The molecule has 27 heavy (non-hydrogen) atoms. The van der Waals surface area contributed by atoms with E-state index in [-0.39, 0.29) is 11.5 Å². The lowest BCUT2D eigenvalue weighted by molar-refractivity contribution is 0.102. The van der Waals surface area contributed by atoms with Crippen molar-refractivity contribution in [3.05, 3.63) is 63.5 Å². The first-order valence-corrected chi connectivity index (χ1v) is 9.24. The third kappa shape index (κ3) is 3.41. The fourth-order valence-corrected chi connectivity index (χ4v) is 3.77. The van der Waals surface area contributed by atoms with Crippen molar-refractivity contribution in [3.63, 3.8) is 0 Å². The second kappa shape index (κ2) is 6.85. The molecule has 0 radical (unpaired) electrons. The van der Waals surface area contributed by atoms with Crippen LogP contribution in [-0.2, 0) is 0 Å². The Morgan fingerprint density at radius 2 is 2.07 bits per heavy atom. The fraction of sp³-hybridized carbons (Fsp3) is 0.150. The van der Waals surface area contributed by atoms with Gasteiger partial charge in [0.25, 0.3) is 5.91 Å². The van der Waals surface area contributed by atoms with Gasteiger partial charge in [0.2, 0.25) is 0 Å². The fourth-order valence-electron chi connectivity index (χ4n) is 2.90. The summed E-state index contributed by atoms with van der Waals surface area (Å²) in [5.74, 6) is 0.203. The number of amides is 1. The minimum absolute atomic E-state index is 0.255. The largest absolute Gasteiger partial charge is 0.494 e. The summed E-state index contributed by atoms with van der Waals surface area (Å²) in [7, 11) is 0. The van der Waals surface area contributed by atoms with E-state index in [1.165, 1.54) is 6.07 Å². The first-order chi connectivity index (χ1) is 13.0. The minimum atomic E-state index is -0.588. The van der Waals surface area contributed by atoms with Crippen molar-refractivity contribution in [1.29, 1.82) is 0 Å². The average molecular weight is 380 g/mol. The Labute approximate surface area is 158 Å². The molecule has 4 aromatic rings. The molecule has 6 nitrogen and oxygen atoms in total. The second-order valence-corrected chi connectivity index (χ2v) is 7.17. The van der Waals surface area contributed by atoms with Gasteiger partial charge in [-0.25, -0.2) is 9.78 Å². The van der Waals surface area contributed by atoms with Crippen LogP contribution in [0.1, 0.15) is 22.3 Å². The van der Waals surface area contributed by atoms with Gasteiger partial charge in [-0.1, -0.05) is 0 Å². The number of carbonyl (C=O) groups excluding carboxylic acids is 1. The molecule has 2 aromatic carbocycles. The first-order valence-electron chi connectivity index (χ1n) is 8.43. The Bertz CT molecular complexity index is 1230. The average Bonchev–Trinajstić information content (AvgIpc) is 3.00. The number of aryl methyl sites for hydroxylation is 1. The highest BCUT2D eigenvalue weighted by atomic mass is 32.1. The summed E-state index contributed by atoms with van der Waals surface area (Å²) in [5.41, 5.74) is 1.51. The summed E-state index contributed by atoms with van der Waals surface area (Å²) in [4.78, 5) is 29.1. The number of anilines is 1. The predicted octanol–water partition coefficient (Wildman–Crippen LogP) is 4.36. The van der Waals surface area contributed by atoms with Crippen LogP contribution in [0.3, 0.4) is 0 Å². The van der Waals surface area contributed by atoms with E-state index in [2.05, 4.69) is 10.3 Å². The van der Waals surface area contributed by atoms with Crippen molar-refractivity contribution in [2.24, 2.45) is 0 Å². The van der Waals surface area contributed by atoms with Crippen LogP contribution in [0.2, 0.25) is 0 Å². The number of benzene rings is 2. The van der Waals surface area contributed by atoms with Gasteiger partial charge < -0.3 is 14.5 Å². The van der Waals surface area contributed by atoms with Gasteiger partial charge >= 0.3 is 5.63 Å². The van der Waals surface area contributed by atoms with E-state index < -0.39 is 5.63 Å². The zero-order valence-corrected chi connectivity index (χ0v) is 15.6. The molecule has 0 saturated heterocycles. The lowest BCUT2D eigenvalue weighted by atomic mass is 10.1. The maximum Gasteiger partial charge on any atom is 0.337 e. The Morgan fingerprint density at radius 1 is 1.22 bits per heavy atom. The molecule has 0 aliphatic rings. The van der Waals surface area contributed by atoms with E-state index >= 15 is 0 Å². The van der Waals surface area contributed by atoms with E-state index in [0.717, 1.165) is 15.2 Å². The zero-order chi connectivity index (χ0) is 19.0. The standard InChI is InChI=1S/C20H16N2O4S/c1-3-25-13-5-6-14-15(10-19(23)26-17(14)9-13)20(24)22-12-4-7-16-18(8-12)27-11(2)21-16/h4-10H,3H2,1-2H3,(H,22,24). The molecule has 4 rings (SSSR count). The molecule has 0 unspecified atom stereocenters. The molecule has 0 saturated carbocycles. The third-order valence-electron chi connectivity index (χ3n) is 4.02. The van der Waals surface area contributed by atoms with Crippen LogP contribution in [0, 0.1) is 6.92 Å². The molecule has 7 heteroatoms. The van der Waals surface area contributed by atoms with Gasteiger partial charge in [-0.15, -0.1) is 11.3 Å². The Hall–Kier alpha value is -3.19. The van der Waals surface area contributed by atoms with E-state index in [1.807, 2.05) is 26.0 Å². The second-order valence-electron chi connectivity index (χ2n) is 5.94. The van der Waals surface area contributed by atoms with Gasteiger partial charge in [0.15, 0.2) is 0 Å². The summed E-state index contributed by atoms with van der Waals surface area (Å²) >= 11 is 1.56. The quantitative estimate of drug-likeness (QED) is 0.532. The van der Waals surface area contributed by atoms with Crippen LogP contribution in [0.5, 0.6) is 5.75 Å². The van der Waals surface area contributed by atoms with E-state index in [4.69, 9.17) is 9.15 Å². The smallest absolute Gasteiger partial charge is 0.337 e. The van der Waals surface area contributed by atoms with Crippen LogP contribution < -0.4 is 15.7 Å². The molecule has 0 fully saturated rings. The summed E-state index contributed by atoms with van der Waals surface area (Å²) in [6.45, 7) is 4.30. The molecular formula is C20H16N2O4S. The number of carbonyl (C=O) groups is 1. The maximum absolute atomic E-state index is 12.8. The van der Waals surface area contributed by atoms with Crippen LogP contribution in [0.4, 0.5) is 5.69 Å². The minimum Gasteiger partial charge on any atom is -0.494 e. The van der Waals surface area contributed by atoms with E-state index in [0.29, 0.717) is 29.0 Å². The van der Waals surface area contributed by atoms with Crippen LogP contribution in [-0.4, -0.2) is 17.5 Å². The Morgan fingerprint density at radius 3 is 2.89 bits per heavy atom. The number of rotatable bonds is 4. The number of hydrogen-bond donors (Lipinski definition) is 1. The molecule has 2 heterocycles. The SMILES string of the molecule is CCOc1ccc2c(C(=O)Nc3ccc4nc(C)sc4c3)cc(=O)oc2c1. The van der Waals surface area contributed by atoms with Gasteiger partial charge in [0.05, 0.1) is 27.4 Å². The number of fused-ring (bicyclic) bond motifs is 2. The summed E-state index contributed by atoms with van der Waals surface area (Å²) in [5, 5.41) is 4.36. The van der Waals surface area contributed by atoms with Gasteiger partial charge in [-0.05, 0) is 44.2 Å². The topological polar surface area (TPSA) is 81.4 Å². The summed E-state index contributed by atoms with van der Waals surface area (Å²) in [6.07, 6.45) is 0. The number of aromatic nitrogens is 1. The van der Waals surface area contributed by atoms with E-state index in [9.17, 15) is 9.59 Å². The molecule has 0 atom stereocenters. The monoisotopic (exact) mass is 380 g/mol. The molecule has 136 valence electrons. The van der Waals surface area contributed by atoms with E-state index in [1.54, 1.807) is 35.6 Å². The lowest BCUT2D eigenvalue weighted by Crippen LogP contribution is -2.15. The molecule has 2 aromatic heterocycles. The lowest BCUT2D eigenvalue weighted by Gasteiger charge is -2.09. The van der Waals surface area contributed by atoms with Crippen molar-refractivity contribution >= 4 is 44.1 Å². The van der Waals surface area contributed by atoms with Gasteiger partial charge in [0.1, 0.15) is 11.3 Å². The van der Waals surface area contributed by atoms with Gasteiger partial charge in [-0.3, -0.25) is 4.79 Å². The molecule has 0 bridgehead atoms. The number of hydrogen-bond acceptors (Lipinski definition) is 6. The van der Waals surface area contributed by atoms with Gasteiger partial charge in [0, 0.05) is 23.2 Å². The normalized spacial score (nSPS) is 11.0. The van der Waals surface area contributed by atoms with Crippen molar-refractivity contribution in [3.8, 4) is 5.75 Å². The molecule has 1 N–H and O–H groups in total. The molecular weight excluding hydrogens is 364 g/mol. The highest BCUT2D eigenvalue weighted by Gasteiger charge is 2.15.